The minimum Gasteiger partial charge on any atom is -0.494 e. The van der Waals surface area contributed by atoms with Crippen LogP contribution in [0.5, 0.6) is 5.75 Å². The van der Waals surface area contributed by atoms with E-state index in [-0.39, 0.29) is 17.2 Å². The van der Waals surface area contributed by atoms with Crippen molar-refractivity contribution >= 4 is 11.8 Å². The summed E-state index contributed by atoms with van der Waals surface area (Å²) < 4.78 is 5.66. The Labute approximate surface area is 163 Å². The largest absolute Gasteiger partial charge is 0.494 e. The standard InChI is InChI=1S/C22H34N2O3/c1-5-6-16-27-19-10-8-18(9-11-19)21(26)24-13-7-12-23(14-15-24)20(25)17-22(2,3)4/h8-11H,5-7,12-17H2,1-4H3. The maximum absolute atomic E-state index is 12.8. The third-order valence-corrected chi connectivity index (χ3v) is 4.69. The Morgan fingerprint density at radius 2 is 1.63 bits per heavy atom. The van der Waals surface area contributed by atoms with Gasteiger partial charge >= 0.3 is 0 Å². The van der Waals surface area contributed by atoms with Crippen molar-refractivity contribution in [2.75, 3.05) is 32.8 Å². The molecule has 2 amide bonds. The van der Waals surface area contributed by atoms with Gasteiger partial charge in [0.2, 0.25) is 5.91 Å². The summed E-state index contributed by atoms with van der Waals surface area (Å²) in [4.78, 5) is 29.0. The lowest BCUT2D eigenvalue weighted by molar-refractivity contribution is -0.132. The van der Waals surface area contributed by atoms with Crippen LogP contribution in [0.1, 0.15) is 63.7 Å². The van der Waals surface area contributed by atoms with Crippen LogP contribution in [-0.2, 0) is 4.79 Å². The van der Waals surface area contributed by atoms with E-state index in [9.17, 15) is 9.59 Å². The molecule has 150 valence electrons. The molecule has 0 spiro atoms. The maximum Gasteiger partial charge on any atom is 0.253 e. The number of hydrogen-bond donors (Lipinski definition) is 0. The average molecular weight is 375 g/mol. The number of carbonyl (C=O) groups is 2. The van der Waals surface area contributed by atoms with E-state index in [2.05, 4.69) is 27.7 Å². The van der Waals surface area contributed by atoms with Crippen LogP contribution < -0.4 is 4.74 Å². The van der Waals surface area contributed by atoms with Crippen molar-refractivity contribution in [2.24, 2.45) is 5.41 Å². The summed E-state index contributed by atoms with van der Waals surface area (Å²) in [6, 6.07) is 7.38. The van der Waals surface area contributed by atoms with Gasteiger partial charge in [0.1, 0.15) is 5.75 Å². The minimum atomic E-state index is -0.0140. The fraction of sp³-hybridized carbons (Fsp3) is 0.636. The lowest BCUT2D eigenvalue weighted by Gasteiger charge is -2.25. The third-order valence-electron chi connectivity index (χ3n) is 4.69. The number of benzene rings is 1. The van der Waals surface area contributed by atoms with Crippen LogP contribution in [0, 0.1) is 5.41 Å². The number of ether oxygens (including phenoxy) is 1. The first-order valence-electron chi connectivity index (χ1n) is 10.1. The molecular weight excluding hydrogens is 340 g/mol. The van der Waals surface area contributed by atoms with Gasteiger partial charge in [-0.2, -0.15) is 0 Å². The Morgan fingerprint density at radius 3 is 2.26 bits per heavy atom. The molecule has 1 aromatic carbocycles. The van der Waals surface area contributed by atoms with Crippen LogP contribution in [0.3, 0.4) is 0 Å². The van der Waals surface area contributed by atoms with Crippen LogP contribution in [-0.4, -0.2) is 54.4 Å². The van der Waals surface area contributed by atoms with Crippen molar-refractivity contribution in [3.05, 3.63) is 29.8 Å². The molecule has 0 unspecified atom stereocenters. The highest BCUT2D eigenvalue weighted by Gasteiger charge is 2.25. The van der Waals surface area contributed by atoms with Crippen LogP contribution in [0.2, 0.25) is 0 Å². The first-order chi connectivity index (χ1) is 12.8. The fourth-order valence-corrected chi connectivity index (χ4v) is 3.15. The van der Waals surface area contributed by atoms with Gasteiger partial charge < -0.3 is 14.5 Å². The molecular formula is C22H34N2O3. The summed E-state index contributed by atoms with van der Waals surface area (Å²) >= 11 is 0. The van der Waals surface area contributed by atoms with Gasteiger partial charge in [-0.3, -0.25) is 9.59 Å². The predicted octanol–water partition coefficient (Wildman–Crippen LogP) is 3.98. The fourth-order valence-electron chi connectivity index (χ4n) is 3.15. The SMILES string of the molecule is CCCCOc1ccc(C(=O)N2CCCN(C(=O)CC(C)(C)C)CC2)cc1. The molecule has 1 aliphatic heterocycles. The predicted molar refractivity (Wildman–Crippen MR) is 108 cm³/mol. The van der Waals surface area contributed by atoms with Crippen molar-refractivity contribution in [3.63, 3.8) is 0 Å². The van der Waals surface area contributed by atoms with E-state index in [0.29, 0.717) is 38.2 Å². The Hall–Kier alpha value is -2.04. The third kappa shape index (κ3) is 6.89. The molecule has 0 radical (unpaired) electrons. The van der Waals surface area contributed by atoms with E-state index in [4.69, 9.17) is 4.74 Å². The van der Waals surface area contributed by atoms with Crippen molar-refractivity contribution in [2.45, 2.75) is 53.4 Å². The molecule has 0 N–H and O–H groups in total. The highest BCUT2D eigenvalue weighted by atomic mass is 16.5. The average Bonchev–Trinajstić information content (AvgIpc) is 2.87. The monoisotopic (exact) mass is 374 g/mol. The Balaban J connectivity index is 1.91. The Bertz CT molecular complexity index is 619. The molecule has 0 atom stereocenters. The Morgan fingerprint density at radius 1 is 1.00 bits per heavy atom. The van der Waals surface area contributed by atoms with E-state index in [1.807, 2.05) is 34.1 Å². The topological polar surface area (TPSA) is 49.9 Å². The highest BCUT2D eigenvalue weighted by Crippen LogP contribution is 2.21. The van der Waals surface area contributed by atoms with E-state index in [1.54, 1.807) is 0 Å². The molecule has 27 heavy (non-hydrogen) atoms. The van der Waals surface area contributed by atoms with E-state index in [0.717, 1.165) is 31.6 Å². The van der Waals surface area contributed by atoms with E-state index in [1.165, 1.54) is 0 Å². The second kappa shape index (κ2) is 9.77. The second-order valence-corrected chi connectivity index (χ2v) is 8.49. The van der Waals surface area contributed by atoms with Crippen molar-refractivity contribution in [3.8, 4) is 5.75 Å². The molecule has 1 heterocycles. The molecule has 0 aliphatic carbocycles. The summed E-state index contributed by atoms with van der Waals surface area (Å²) in [7, 11) is 0. The highest BCUT2D eigenvalue weighted by molar-refractivity contribution is 5.94. The van der Waals surface area contributed by atoms with Crippen LogP contribution >= 0.6 is 0 Å². The zero-order valence-electron chi connectivity index (χ0n) is 17.3. The van der Waals surface area contributed by atoms with Gasteiger partial charge in [0.15, 0.2) is 0 Å². The molecule has 0 bridgehead atoms. The summed E-state index contributed by atoms with van der Waals surface area (Å²) in [6.45, 7) is 11.7. The smallest absolute Gasteiger partial charge is 0.253 e. The summed E-state index contributed by atoms with van der Waals surface area (Å²) in [5.41, 5.74) is 0.659. The van der Waals surface area contributed by atoms with Crippen LogP contribution in [0.4, 0.5) is 0 Å². The van der Waals surface area contributed by atoms with Crippen LogP contribution in [0.25, 0.3) is 0 Å². The molecule has 1 aliphatic rings. The first-order valence-corrected chi connectivity index (χ1v) is 10.1. The quantitative estimate of drug-likeness (QED) is 0.708. The molecule has 0 saturated carbocycles. The number of unbranched alkanes of at least 4 members (excludes halogenated alkanes) is 1. The number of rotatable bonds is 6. The summed E-state index contributed by atoms with van der Waals surface area (Å²) in [5.74, 6) is 1.01. The lowest BCUT2D eigenvalue weighted by Crippen LogP contribution is -2.38. The summed E-state index contributed by atoms with van der Waals surface area (Å²) in [5, 5.41) is 0. The van der Waals surface area contributed by atoms with Gasteiger partial charge in [0.05, 0.1) is 6.61 Å². The van der Waals surface area contributed by atoms with Gasteiger partial charge in [-0.1, -0.05) is 34.1 Å². The van der Waals surface area contributed by atoms with Gasteiger partial charge in [0, 0.05) is 38.2 Å². The van der Waals surface area contributed by atoms with Gasteiger partial charge in [-0.25, -0.2) is 0 Å². The minimum absolute atomic E-state index is 0.0140. The number of carbonyl (C=O) groups excluding carboxylic acids is 2. The maximum atomic E-state index is 12.8. The molecule has 5 nitrogen and oxygen atoms in total. The molecule has 1 aromatic rings. The summed E-state index contributed by atoms with van der Waals surface area (Å²) in [6.07, 6.45) is 3.49. The molecule has 1 saturated heterocycles. The number of nitrogens with zero attached hydrogens (tertiary/aromatic N) is 2. The molecule has 0 aromatic heterocycles. The van der Waals surface area contributed by atoms with Crippen molar-refractivity contribution in [1.82, 2.24) is 9.80 Å². The zero-order chi connectivity index (χ0) is 19.9. The van der Waals surface area contributed by atoms with Crippen LogP contribution in [0.15, 0.2) is 24.3 Å². The second-order valence-electron chi connectivity index (χ2n) is 8.49. The Kier molecular flexibility index (Phi) is 7.69. The zero-order valence-corrected chi connectivity index (χ0v) is 17.3. The normalized spacial score (nSPS) is 15.4. The number of hydrogen-bond acceptors (Lipinski definition) is 3. The van der Waals surface area contributed by atoms with Crippen molar-refractivity contribution < 1.29 is 14.3 Å². The number of amides is 2. The van der Waals surface area contributed by atoms with Gasteiger partial charge in [-0.15, -0.1) is 0 Å². The van der Waals surface area contributed by atoms with E-state index >= 15 is 0 Å². The molecule has 5 heteroatoms. The van der Waals surface area contributed by atoms with E-state index < -0.39 is 0 Å². The van der Waals surface area contributed by atoms with Gasteiger partial charge in [0.25, 0.3) is 5.91 Å². The lowest BCUT2D eigenvalue weighted by atomic mass is 9.91. The molecule has 1 fully saturated rings. The first kappa shape index (κ1) is 21.3. The van der Waals surface area contributed by atoms with Crippen molar-refractivity contribution in [1.29, 1.82) is 0 Å². The molecule has 2 rings (SSSR count). The van der Waals surface area contributed by atoms with Gasteiger partial charge in [-0.05, 0) is 42.5 Å².